The Hall–Kier alpha value is -3.35. The van der Waals surface area contributed by atoms with Gasteiger partial charge in [-0.2, -0.15) is 0 Å². The first-order valence-electron chi connectivity index (χ1n) is 11.4. The molecule has 1 aromatic heterocycles. The van der Waals surface area contributed by atoms with E-state index in [1.165, 1.54) is 0 Å². The van der Waals surface area contributed by atoms with Crippen molar-refractivity contribution in [1.82, 2.24) is 20.2 Å². The van der Waals surface area contributed by atoms with Crippen molar-refractivity contribution in [3.05, 3.63) is 59.9 Å². The van der Waals surface area contributed by atoms with Gasteiger partial charge in [-0.05, 0) is 62.6 Å². The largest absolute Gasteiger partial charge is 0.494 e. The van der Waals surface area contributed by atoms with Gasteiger partial charge in [-0.3, -0.25) is 9.59 Å². The maximum Gasteiger partial charge on any atom is 0.253 e. The lowest BCUT2D eigenvalue weighted by Crippen LogP contribution is -2.46. The van der Waals surface area contributed by atoms with E-state index in [1.54, 1.807) is 0 Å². The van der Waals surface area contributed by atoms with Gasteiger partial charge < -0.3 is 19.9 Å². The number of aryl methyl sites for hydroxylation is 1. The summed E-state index contributed by atoms with van der Waals surface area (Å²) < 4.78 is 5.43. The van der Waals surface area contributed by atoms with Crippen LogP contribution in [0.5, 0.6) is 5.75 Å². The minimum absolute atomic E-state index is 0.0312. The van der Waals surface area contributed by atoms with Crippen molar-refractivity contribution in [3.8, 4) is 5.75 Å². The molecule has 2 N–H and O–H groups in total. The van der Waals surface area contributed by atoms with Crippen LogP contribution in [0.25, 0.3) is 11.0 Å². The molecule has 1 aliphatic rings. The maximum absolute atomic E-state index is 12.7. The van der Waals surface area contributed by atoms with Crippen molar-refractivity contribution >= 4 is 22.8 Å². The molecule has 4 rings (SSSR count). The van der Waals surface area contributed by atoms with Crippen molar-refractivity contribution in [2.45, 2.75) is 45.1 Å². The number of H-pyrrole nitrogens is 1. The topological polar surface area (TPSA) is 87.3 Å². The van der Waals surface area contributed by atoms with Gasteiger partial charge in [0, 0.05) is 37.5 Å². The van der Waals surface area contributed by atoms with Gasteiger partial charge in [0.05, 0.1) is 17.6 Å². The van der Waals surface area contributed by atoms with Gasteiger partial charge in [0.1, 0.15) is 11.6 Å². The Balaban J connectivity index is 1.18. The molecule has 7 heteroatoms. The fourth-order valence-electron chi connectivity index (χ4n) is 4.11. The number of aromatic amines is 1. The highest BCUT2D eigenvalue weighted by Crippen LogP contribution is 2.17. The van der Waals surface area contributed by atoms with Crippen LogP contribution in [0.3, 0.4) is 0 Å². The molecule has 0 unspecified atom stereocenters. The van der Waals surface area contributed by atoms with E-state index >= 15 is 0 Å². The second-order valence-corrected chi connectivity index (χ2v) is 8.15. The van der Waals surface area contributed by atoms with Crippen LogP contribution in [0.15, 0.2) is 48.5 Å². The zero-order valence-corrected chi connectivity index (χ0v) is 18.5. The third-order valence-corrected chi connectivity index (χ3v) is 5.82. The molecule has 0 bridgehead atoms. The van der Waals surface area contributed by atoms with Gasteiger partial charge in [0.2, 0.25) is 5.91 Å². The van der Waals surface area contributed by atoms with Crippen molar-refractivity contribution in [2.75, 3.05) is 19.7 Å². The number of aromatic nitrogens is 2. The van der Waals surface area contributed by atoms with Crippen LogP contribution in [0.1, 0.15) is 48.8 Å². The summed E-state index contributed by atoms with van der Waals surface area (Å²) in [6.45, 7) is 3.83. The Kier molecular flexibility index (Phi) is 7.04. The predicted molar refractivity (Wildman–Crippen MR) is 124 cm³/mol. The number of amides is 2. The standard InChI is InChI=1S/C25H30N4O3/c1-2-32-20-12-10-18(11-13-20)25(31)29-16-14-19(15-17-29)26-24(30)9-5-8-23-27-21-6-3-4-7-22(21)28-23/h3-4,6-7,10-13,19H,2,5,8-9,14-17H2,1H3,(H,26,30)(H,27,28). The Bertz CT molecular complexity index is 1020. The quantitative estimate of drug-likeness (QED) is 0.566. The zero-order chi connectivity index (χ0) is 22.3. The van der Waals surface area contributed by atoms with Crippen molar-refractivity contribution in [3.63, 3.8) is 0 Å². The first-order valence-corrected chi connectivity index (χ1v) is 11.4. The number of hydrogen-bond donors (Lipinski definition) is 2. The van der Waals surface area contributed by atoms with Crippen LogP contribution in [0.2, 0.25) is 0 Å². The van der Waals surface area contributed by atoms with Crippen LogP contribution in [-0.4, -0.2) is 52.4 Å². The minimum atomic E-state index is 0.0312. The first kappa shape index (κ1) is 21.9. The molecule has 32 heavy (non-hydrogen) atoms. The number of fused-ring (bicyclic) bond motifs is 1. The number of para-hydroxylation sites is 2. The number of ether oxygens (including phenoxy) is 1. The second-order valence-electron chi connectivity index (χ2n) is 8.15. The summed E-state index contributed by atoms with van der Waals surface area (Å²) in [7, 11) is 0. The molecule has 0 atom stereocenters. The van der Waals surface area contributed by atoms with Crippen molar-refractivity contribution < 1.29 is 14.3 Å². The summed E-state index contributed by atoms with van der Waals surface area (Å²) in [4.78, 5) is 34.8. The molecular formula is C25H30N4O3. The molecule has 2 heterocycles. The van der Waals surface area contributed by atoms with Crippen molar-refractivity contribution in [1.29, 1.82) is 0 Å². The Morgan fingerprint density at radius 3 is 2.59 bits per heavy atom. The monoisotopic (exact) mass is 434 g/mol. The highest BCUT2D eigenvalue weighted by Gasteiger charge is 2.24. The summed E-state index contributed by atoms with van der Waals surface area (Å²) in [6.07, 6.45) is 3.52. The summed E-state index contributed by atoms with van der Waals surface area (Å²) in [5.41, 5.74) is 2.65. The van der Waals surface area contributed by atoms with Gasteiger partial charge in [0.15, 0.2) is 0 Å². The number of rotatable bonds is 8. The zero-order valence-electron chi connectivity index (χ0n) is 18.5. The Morgan fingerprint density at radius 2 is 1.88 bits per heavy atom. The van der Waals surface area contributed by atoms with E-state index in [0.717, 1.165) is 48.3 Å². The number of carbonyl (C=O) groups is 2. The third-order valence-electron chi connectivity index (χ3n) is 5.82. The number of hydrogen-bond acceptors (Lipinski definition) is 4. The Labute approximate surface area is 188 Å². The van der Waals surface area contributed by atoms with Gasteiger partial charge in [-0.15, -0.1) is 0 Å². The fraction of sp³-hybridized carbons (Fsp3) is 0.400. The summed E-state index contributed by atoms with van der Waals surface area (Å²) in [6, 6.07) is 15.3. The summed E-state index contributed by atoms with van der Waals surface area (Å²) >= 11 is 0. The molecule has 2 aromatic carbocycles. The number of likely N-dealkylation sites (tertiary alicyclic amines) is 1. The highest BCUT2D eigenvalue weighted by atomic mass is 16.5. The molecule has 0 spiro atoms. The molecule has 0 saturated carbocycles. The minimum Gasteiger partial charge on any atom is -0.494 e. The first-order chi connectivity index (χ1) is 15.6. The van der Waals surface area contributed by atoms with Crippen LogP contribution >= 0.6 is 0 Å². The summed E-state index contributed by atoms with van der Waals surface area (Å²) in [5.74, 6) is 1.78. The number of nitrogens with one attached hydrogen (secondary N) is 2. The van der Waals surface area contributed by atoms with E-state index in [9.17, 15) is 9.59 Å². The molecule has 1 aliphatic heterocycles. The maximum atomic E-state index is 12.7. The number of benzene rings is 2. The molecular weight excluding hydrogens is 404 g/mol. The van der Waals surface area contributed by atoms with Crippen LogP contribution < -0.4 is 10.1 Å². The van der Waals surface area contributed by atoms with E-state index < -0.39 is 0 Å². The number of carbonyl (C=O) groups excluding carboxylic acids is 2. The molecule has 3 aromatic rings. The van der Waals surface area contributed by atoms with Gasteiger partial charge in [-0.25, -0.2) is 4.98 Å². The number of piperidine rings is 1. The van der Waals surface area contributed by atoms with Gasteiger partial charge in [0.25, 0.3) is 5.91 Å². The molecule has 168 valence electrons. The van der Waals surface area contributed by atoms with E-state index in [2.05, 4.69) is 15.3 Å². The van der Waals surface area contributed by atoms with E-state index in [-0.39, 0.29) is 17.9 Å². The molecule has 2 amide bonds. The van der Waals surface area contributed by atoms with E-state index in [4.69, 9.17) is 4.74 Å². The summed E-state index contributed by atoms with van der Waals surface area (Å²) in [5, 5.41) is 3.13. The molecule has 7 nitrogen and oxygen atoms in total. The van der Waals surface area contributed by atoms with Crippen LogP contribution in [0.4, 0.5) is 0 Å². The third kappa shape index (κ3) is 5.46. The van der Waals surface area contributed by atoms with Gasteiger partial charge >= 0.3 is 0 Å². The normalized spacial score (nSPS) is 14.5. The fourth-order valence-corrected chi connectivity index (χ4v) is 4.11. The SMILES string of the molecule is CCOc1ccc(C(=O)N2CCC(NC(=O)CCCc3nc4ccccc4[nH]3)CC2)cc1. The smallest absolute Gasteiger partial charge is 0.253 e. The van der Waals surface area contributed by atoms with Crippen LogP contribution in [0, 0.1) is 0 Å². The van der Waals surface area contributed by atoms with E-state index in [1.807, 2.05) is 60.4 Å². The Morgan fingerprint density at radius 1 is 1.12 bits per heavy atom. The lowest BCUT2D eigenvalue weighted by atomic mass is 10.0. The predicted octanol–water partition coefficient (Wildman–Crippen LogP) is 3.71. The lowest BCUT2D eigenvalue weighted by molar-refractivity contribution is -0.122. The number of imidazole rings is 1. The average molecular weight is 435 g/mol. The molecule has 0 aliphatic carbocycles. The second kappa shape index (κ2) is 10.3. The molecule has 1 saturated heterocycles. The lowest BCUT2D eigenvalue weighted by Gasteiger charge is -2.32. The average Bonchev–Trinajstić information content (AvgIpc) is 3.23. The molecule has 1 fully saturated rings. The van der Waals surface area contributed by atoms with Gasteiger partial charge in [-0.1, -0.05) is 12.1 Å². The van der Waals surface area contributed by atoms with E-state index in [0.29, 0.717) is 31.7 Å². The molecule has 0 radical (unpaired) electrons. The highest BCUT2D eigenvalue weighted by molar-refractivity contribution is 5.94. The number of nitrogens with zero attached hydrogens (tertiary/aromatic N) is 2. The van der Waals surface area contributed by atoms with Crippen molar-refractivity contribution in [2.24, 2.45) is 0 Å². The van der Waals surface area contributed by atoms with Crippen LogP contribution in [-0.2, 0) is 11.2 Å².